The minimum absolute atomic E-state index is 0.171. The lowest BCUT2D eigenvalue weighted by Crippen LogP contribution is -2.33. The van der Waals surface area contributed by atoms with Gasteiger partial charge in [-0.1, -0.05) is 87.1 Å². The second-order valence-corrected chi connectivity index (χ2v) is 9.71. The molecule has 4 heteroatoms. The highest BCUT2D eigenvalue weighted by Gasteiger charge is 2.40. The highest BCUT2D eigenvalue weighted by Crippen LogP contribution is 2.47. The number of rotatable bonds is 10. The Morgan fingerprint density at radius 2 is 1.63 bits per heavy atom. The number of hydrazone groups is 1. The van der Waals surface area contributed by atoms with Crippen LogP contribution < -0.4 is 9.47 Å². The van der Waals surface area contributed by atoms with Crippen LogP contribution in [0.5, 0.6) is 11.5 Å². The van der Waals surface area contributed by atoms with E-state index in [1.54, 1.807) is 0 Å². The van der Waals surface area contributed by atoms with E-state index in [-0.39, 0.29) is 12.3 Å². The van der Waals surface area contributed by atoms with Gasteiger partial charge in [-0.2, -0.15) is 5.10 Å². The quantitative estimate of drug-likeness (QED) is 0.283. The highest BCUT2D eigenvalue weighted by atomic mass is 16.5. The van der Waals surface area contributed by atoms with Crippen LogP contribution >= 0.6 is 0 Å². The third-order valence-electron chi connectivity index (χ3n) is 7.02. The van der Waals surface area contributed by atoms with Crippen molar-refractivity contribution in [1.29, 1.82) is 0 Å². The van der Waals surface area contributed by atoms with Crippen LogP contribution in [0, 0.1) is 6.92 Å². The topological polar surface area (TPSA) is 34.1 Å². The van der Waals surface area contributed by atoms with Gasteiger partial charge < -0.3 is 9.47 Å². The van der Waals surface area contributed by atoms with Gasteiger partial charge in [-0.25, -0.2) is 5.01 Å². The molecule has 0 aromatic heterocycles. The summed E-state index contributed by atoms with van der Waals surface area (Å²) < 4.78 is 12.5. The molecule has 5 rings (SSSR count). The maximum atomic E-state index is 6.50. The Bertz CT molecular complexity index is 1140. The molecule has 4 nitrogen and oxygen atoms in total. The molecule has 2 atom stereocenters. The second kappa shape index (κ2) is 11.0. The van der Waals surface area contributed by atoms with Crippen molar-refractivity contribution in [2.24, 2.45) is 5.10 Å². The summed E-state index contributed by atoms with van der Waals surface area (Å²) in [5.41, 5.74) is 5.84. The summed E-state index contributed by atoms with van der Waals surface area (Å²) in [5, 5.41) is 7.22. The van der Waals surface area contributed by atoms with Crippen molar-refractivity contribution in [3.63, 3.8) is 0 Å². The molecule has 182 valence electrons. The van der Waals surface area contributed by atoms with Crippen molar-refractivity contribution in [1.82, 2.24) is 5.01 Å². The van der Waals surface area contributed by atoms with Crippen LogP contribution in [0.2, 0.25) is 0 Å². The molecule has 0 unspecified atom stereocenters. The smallest absolute Gasteiger partial charge is 0.213 e. The first kappa shape index (κ1) is 23.5. The molecule has 0 spiro atoms. The Hall–Kier alpha value is -3.27. The fourth-order valence-corrected chi connectivity index (χ4v) is 4.98. The van der Waals surface area contributed by atoms with Crippen molar-refractivity contribution in [3.8, 4) is 11.5 Å². The van der Waals surface area contributed by atoms with Crippen molar-refractivity contribution in [2.45, 2.75) is 71.1 Å². The summed E-state index contributed by atoms with van der Waals surface area (Å²) >= 11 is 0. The molecule has 2 heterocycles. The summed E-state index contributed by atoms with van der Waals surface area (Å²) in [5.74, 6) is 1.86. The normalized spacial score (nSPS) is 18.5. The van der Waals surface area contributed by atoms with Crippen molar-refractivity contribution in [2.75, 3.05) is 6.61 Å². The average Bonchev–Trinajstić information content (AvgIpc) is 3.34. The summed E-state index contributed by atoms with van der Waals surface area (Å²) in [7, 11) is 0. The molecule has 0 amide bonds. The van der Waals surface area contributed by atoms with E-state index in [0.717, 1.165) is 42.2 Å². The van der Waals surface area contributed by atoms with Gasteiger partial charge in [0.05, 0.1) is 18.4 Å². The Labute approximate surface area is 209 Å². The Kier molecular flexibility index (Phi) is 7.37. The van der Waals surface area contributed by atoms with Gasteiger partial charge in [0.1, 0.15) is 11.5 Å². The van der Waals surface area contributed by atoms with Crippen LogP contribution in [0.15, 0.2) is 77.9 Å². The van der Waals surface area contributed by atoms with Crippen molar-refractivity contribution < 1.29 is 9.47 Å². The molecule has 3 aromatic carbocycles. The molecular formula is C31H36N2O2. The molecule has 0 radical (unpaired) electrons. The molecular weight excluding hydrogens is 432 g/mol. The fraction of sp³-hybridized carbons (Fsp3) is 0.387. The maximum Gasteiger partial charge on any atom is 0.213 e. The maximum absolute atomic E-state index is 6.50. The van der Waals surface area contributed by atoms with E-state index in [4.69, 9.17) is 14.6 Å². The lowest BCUT2D eigenvalue weighted by molar-refractivity contribution is -0.0190. The number of ether oxygens (including phenoxy) is 2. The van der Waals surface area contributed by atoms with Crippen molar-refractivity contribution >= 4 is 5.71 Å². The van der Waals surface area contributed by atoms with Gasteiger partial charge in [-0.15, -0.1) is 0 Å². The van der Waals surface area contributed by atoms with Gasteiger partial charge in [0, 0.05) is 17.5 Å². The number of fused-ring (bicyclic) bond motifs is 3. The number of hydrogen-bond donors (Lipinski definition) is 0. The molecule has 0 bridgehead atoms. The van der Waals surface area contributed by atoms with Crippen molar-refractivity contribution in [3.05, 3.63) is 95.1 Å². The van der Waals surface area contributed by atoms with Crippen LogP contribution in [0.4, 0.5) is 0 Å². The zero-order valence-corrected chi connectivity index (χ0v) is 21.0. The third kappa shape index (κ3) is 5.37. The molecule has 35 heavy (non-hydrogen) atoms. The molecule has 0 saturated carbocycles. The number of aryl methyl sites for hydroxylation is 1. The van der Waals surface area contributed by atoms with Crippen LogP contribution in [-0.2, 0) is 0 Å². The van der Waals surface area contributed by atoms with Crippen LogP contribution in [0.3, 0.4) is 0 Å². The third-order valence-corrected chi connectivity index (χ3v) is 7.02. The van der Waals surface area contributed by atoms with Crippen LogP contribution in [-0.4, -0.2) is 17.3 Å². The summed E-state index contributed by atoms with van der Waals surface area (Å²) in [6.07, 6.45) is 8.23. The minimum Gasteiger partial charge on any atom is -0.494 e. The Morgan fingerprint density at radius 3 is 2.43 bits per heavy atom. The largest absolute Gasteiger partial charge is 0.494 e. The van der Waals surface area contributed by atoms with Gasteiger partial charge in [0.2, 0.25) is 6.23 Å². The molecule has 0 fully saturated rings. The first-order valence-electron chi connectivity index (χ1n) is 13.1. The summed E-state index contributed by atoms with van der Waals surface area (Å²) in [6, 6.07) is 25.5. The zero-order valence-electron chi connectivity index (χ0n) is 21.0. The van der Waals surface area contributed by atoms with Crippen LogP contribution in [0.25, 0.3) is 0 Å². The zero-order chi connectivity index (χ0) is 24.0. The van der Waals surface area contributed by atoms with E-state index in [1.807, 2.05) is 6.07 Å². The average molecular weight is 469 g/mol. The lowest BCUT2D eigenvalue weighted by Gasteiger charge is -2.38. The van der Waals surface area contributed by atoms with Gasteiger partial charge in [-0.05, 0) is 49.2 Å². The number of nitrogens with zero attached hydrogens (tertiary/aromatic N) is 2. The lowest BCUT2D eigenvalue weighted by atomic mass is 9.95. The predicted molar refractivity (Wildman–Crippen MR) is 142 cm³/mol. The number of unbranched alkanes of at least 4 members (excludes halogenated alkanes) is 5. The standard InChI is InChI=1S/C31H36N2O2/c1-3-4-5-6-7-10-21-34-26-19-17-25(18-20-26)31-33-29(27-11-8-9-12-30(27)35-31)22-28(32-33)24-15-13-23(2)14-16-24/h8-9,11-20,29,31H,3-7,10,21-22H2,1-2H3/t29-,31-/m0/s1. The first-order valence-corrected chi connectivity index (χ1v) is 13.1. The monoisotopic (exact) mass is 468 g/mol. The van der Waals surface area contributed by atoms with Gasteiger partial charge in [-0.3, -0.25) is 0 Å². The predicted octanol–water partition coefficient (Wildman–Crippen LogP) is 7.98. The first-order chi connectivity index (χ1) is 17.2. The molecule has 3 aromatic rings. The van der Waals surface area contributed by atoms with E-state index in [1.165, 1.54) is 48.8 Å². The molecule has 0 N–H and O–H groups in total. The highest BCUT2D eigenvalue weighted by molar-refractivity contribution is 6.02. The van der Waals surface area contributed by atoms with E-state index >= 15 is 0 Å². The Morgan fingerprint density at radius 1 is 0.886 bits per heavy atom. The van der Waals surface area contributed by atoms with Crippen LogP contribution in [0.1, 0.15) is 86.4 Å². The molecule has 2 aliphatic rings. The summed E-state index contributed by atoms with van der Waals surface area (Å²) in [4.78, 5) is 0. The SMILES string of the molecule is CCCCCCCCOc1ccc([C@@H]2Oc3ccccc3[C@@H]3CC(c4ccc(C)cc4)=NN32)cc1. The molecule has 0 aliphatic carbocycles. The van der Waals surface area contributed by atoms with E-state index in [2.05, 4.69) is 85.6 Å². The molecule has 0 saturated heterocycles. The number of para-hydroxylation sites is 1. The summed E-state index contributed by atoms with van der Waals surface area (Å²) in [6.45, 7) is 5.14. The van der Waals surface area contributed by atoms with E-state index < -0.39 is 0 Å². The second-order valence-electron chi connectivity index (χ2n) is 9.71. The van der Waals surface area contributed by atoms with E-state index in [0.29, 0.717) is 0 Å². The van der Waals surface area contributed by atoms with E-state index in [9.17, 15) is 0 Å². The van der Waals surface area contributed by atoms with Gasteiger partial charge >= 0.3 is 0 Å². The Balaban J connectivity index is 1.30. The van der Waals surface area contributed by atoms with Gasteiger partial charge in [0.15, 0.2) is 0 Å². The fourth-order valence-electron chi connectivity index (χ4n) is 4.98. The number of hydrogen-bond acceptors (Lipinski definition) is 4. The minimum atomic E-state index is -0.259. The molecule has 2 aliphatic heterocycles. The van der Waals surface area contributed by atoms with Gasteiger partial charge in [0.25, 0.3) is 0 Å². The number of benzene rings is 3.